The van der Waals surface area contributed by atoms with Crippen molar-refractivity contribution in [3.05, 3.63) is 35.9 Å². The molecule has 1 saturated carbocycles. The Hall–Kier alpha value is -1.35. The first kappa shape index (κ1) is 18.0. The van der Waals surface area contributed by atoms with Crippen LogP contribution in [0, 0.1) is 0 Å². The van der Waals surface area contributed by atoms with E-state index in [0.717, 1.165) is 30.2 Å². The second kappa shape index (κ2) is 8.49. The molecule has 1 aromatic carbocycles. The molecular weight excluding hydrogens is 286 g/mol. The largest absolute Gasteiger partial charge is 0.453 e. The number of hydrogen-bond acceptors (Lipinski definition) is 2. The van der Waals surface area contributed by atoms with Gasteiger partial charge in [0.05, 0.1) is 24.7 Å². The van der Waals surface area contributed by atoms with E-state index in [-0.39, 0.29) is 12.1 Å². The third-order valence-corrected chi connectivity index (χ3v) is 5.55. The predicted octanol–water partition coefficient (Wildman–Crippen LogP) is 4.42. The molecule has 0 N–H and O–H groups in total. The van der Waals surface area contributed by atoms with Gasteiger partial charge in [-0.1, -0.05) is 24.6 Å². The number of benzene rings is 1. The number of ether oxygens (including phenoxy) is 1. The van der Waals surface area contributed by atoms with Gasteiger partial charge in [0, 0.05) is 0 Å². The second-order valence-corrected chi connectivity index (χ2v) is 6.91. The standard InChI is InChI=1S/C20H32NO2/c1-4-21(5-2,19-14-10-7-11-15-19)16-17(3)23-20(22)18-12-8-6-9-13-18/h6,8-9,12-13,17,19H,4-5,7,10-11,14-16H2,1-3H3/q+1. The van der Waals surface area contributed by atoms with Crippen LogP contribution in [0.5, 0.6) is 0 Å². The van der Waals surface area contributed by atoms with Crippen molar-refractivity contribution in [3.8, 4) is 0 Å². The minimum Gasteiger partial charge on any atom is -0.453 e. The molecule has 0 radical (unpaired) electrons. The van der Waals surface area contributed by atoms with Gasteiger partial charge in [-0.25, -0.2) is 4.79 Å². The van der Waals surface area contributed by atoms with Crippen LogP contribution < -0.4 is 0 Å². The van der Waals surface area contributed by atoms with Crippen LogP contribution in [0.15, 0.2) is 30.3 Å². The molecule has 2 rings (SSSR count). The highest BCUT2D eigenvalue weighted by molar-refractivity contribution is 5.89. The van der Waals surface area contributed by atoms with Crippen molar-refractivity contribution in [2.75, 3.05) is 19.6 Å². The molecular formula is C20H32NO2+. The average molecular weight is 318 g/mol. The van der Waals surface area contributed by atoms with Crippen molar-refractivity contribution in [1.29, 1.82) is 0 Å². The third kappa shape index (κ3) is 4.57. The number of rotatable bonds is 7. The summed E-state index contributed by atoms with van der Waals surface area (Å²) in [5, 5.41) is 0. The zero-order valence-corrected chi connectivity index (χ0v) is 15.0. The highest BCUT2D eigenvalue weighted by Gasteiger charge is 2.36. The lowest BCUT2D eigenvalue weighted by Gasteiger charge is -2.46. The van der Waals surface area contributed by atoms with Crippen LogP contribution in [-0.4, -0.2) is 42.2 Å². The van der Waals surface area contributed by atoms with E-state index in [4.69, 9.17) is 4.74 Å². The first-order chi connectivity index (χ1) is 11.1. The lowest BCUT2D eigenvalue weighted by atomic mass is 9.91. The lowest BCUT2D eigenvalue weighted by Crippen LogP contribution is -2.59. The quantitative estimate of drug-likeness (QED) is 0.549. The molecule has 1 fully saturated rings. The fourth-order valence-corrected chi connectivity index (χ4v) is 4.15. The van der Waals surface area contributed by atoms with Crippen molar-refractivity contribution >= 4 is 5.97 Å². The summed E-state index contributed by atoms with van der Waals surface area (Å²) in [5.41, 5.74) is 0.642. The van der Waals surface area contributed by atoms with Gasteiger partial charge in [0.25, 0.3) is 0 Å². The molecule has 0 aromatic heterocycles. The molecule has 1 atom stereocenters. The van der Waals surface area contributed by atoms with Crippen molar-refractivity contribution in [1.82, 2.24) is 0 Å². The Labute approximate surface area is 141 Å². The van der Waals surface area contributed by atoms with Crippen molar-refractivity contribution in [2.24, 2.45) is 0 Å². The highest BCUT2D eigenvalue weighted by Crippen LogP contribution is 2.29. The number of carbonyl (C=O) groups excluding carboxylic acids is 1. The summed E-state index contributed by atoms with van der Waals surface area (Å²) in [6.45, 7) is 9.77. The van der Waals surface area contributed by atoms with Crippen LogP contribution in [0.2, 0.25) is 0 Å². The molecule has 1 aliphatic carbocycles. The second-order valence-electron chi connectivity index (χ2n) is 6.91. The van der Waals surface area contributed by atoms with E-state index in [9.17, 15) is 4.79 Å². The first-order valence-electron chi connectivity index (χ1n) is 9.23. The van der Waals surface area contributed by atoms with Crippen LogP contribution in [-0.2, 0) is 4.74 Å². The summed E-state index contributed by atoms with van der Waals surface area (Å²) in [6.07, 6.45) is 6.67. The van der Waals surface area contributed by atoms with Crippen LogP contribution >= 0.6 is 0 Å². The van der Waals surface area contributed by atoms with Crippen LogP contribution in [0.4, 0.5) is 0 Å². The molecule has 1 aliphatic rings. The van der Waals surface area contributed by atoms with Crippen molar-refractivity contribution < 1.29 is 14.0 Å². The maximum Gasteiger partial charge on any atom is 0.338 e. The van der Waals surface area contributed by atoms with Crippen LogP contribution in [0.25, 0.3) is 0 Å². The Morgan fingerprint density at radius 3 is 2.30 bits per heavy atom. The fraction of sp³-hybridized carbons (Fsp3) is 0.650. The predicted molar refractivity (Wildman–Crippen MR) is 94.4 cm³/mol. The topological polar surface area (TPSA) is 26.3 Å². The smallest absolute Gasteiger partial charge is 0.338 e. The molecule has 128 valence electrons. The molecule has 0 saturated heterocycles. The summed E-state index contributed by atoms with van der Waals surface area (Å²) >= 11 is 0. The fourth-order valence-electron chi connectivity index (χ4n) is 4.15. The minimum atomic E-state index is -0.202. The third-order valence-electron chi connectivity index (χ3n) is 5.55. The molecule has 3 nitrogen and oxygen atoms in total. The first-order valence-corrected chi connectivity index (χ1v) is 9.23. The van der Waals surface area contributed by atoms with Gasteiger partial charge in [0.1, 0.15) is 12.6 Å². The van der Waals surface area contributed by atoms with Gasteiger partial charge >= 0.3 is 5.97 Å². The van der Waals surface area contributed by atoms with E-state index >= 15 is 0 Å². The molecule has 1 unspecified atom stereocenters. The normalized spacial score (nSPS) is 17.7. The zero-order valence-electron chi connectivity index (χ0n) is 15.0. The van der Waals surface area contributed by atoms with Crippen LogP contribution in [0.3, 0.4) is 0 Å². The summed E-state index contributed by atoms with van der Waals surface area (Å²) in [4.78, 5) is 12.3. The van der Waals surface area contributed by atoms with Crippen molar-refractivity contribution in [2.45, 2.75) is 65.0 Å². The molecule has 23 heavy (non-hydrogen) atoms. The Morgan fingerprint density at radius 2 is 1.74 bits per heavy atom. The zero-order chi connectivity index (χ0) is 16.7. The SMILES string of the molecule is CC[N+](CC)(CC(C)OC(=O)c1ccccc1)C1CCCCC1. The number of carbonyl (C=O) groups is 1. The van der Waals surface area contributed by atoms with E-state index in [1.54, 1.807) is 0 Å². The molecule has 0 aliphatic heterocycles. The Morgan fingerprint density at radius 1 is 1.13 bits per heavy atom. The lowest BCUT2D eigenvalue weighted by molar-refractivity contribution is -0.951. The maximum absolute atomic E-state index is 12.3. The minimum absolute atomic E-state index is 0.0514. The number of likely N-dealkylation sites (N-methyl/N-ethyl adjacent to an activating group) is 1. The van der Waals surface area contributed by atoms with Crippen LogP contribution in [0.1, 0.15) is 63.2 Å². The Bertz CT molecular complexity index is 476. The van der Waals surface area contributed by atoms with E-state index < -0.39 is 0 Å². The monoisotopic (exact) mass is 318 g/mol. The van der Waals surface area contributed by atoms with Gasteiger partial charge in [-0.15, -0.1) is 0 Å². The van der Waals surface area contributed by atoms with E-state index in [1.165, 1.54) is 32.1 Å². The van der Waals surface area contributed by atoms with Gasteiger partial charge in [-0.05, 0) is 58.6 Å². The maximum atomic E-state index is 12.3. The molecule has 1 aromatic rings. The number of hydrogen-bond donors (Lipinski definition) is 0. The van der Waals surface area contributed by atoms with Gasteiger partial charge in [-0.3, -0.25) is 0 Å². The summed E-state index contributed by atoms with van der Waals surface area (Å²) in [7, 11) is 0. The van der Waals surface area contributed by atoms with Crippen molar-refractivity contribution in [3.63, 3.8) is 0 Å². The summed E-state index contributed by atoms with van der Waals surface area (Å²) in [6, 6.07) is 10.0. The number of nitrogens with zero attached hydrogens (tertiary/aromatic N) is 1. The molecule has 0 heterocycles. The van der Waals surface area contributed by atoms with Gasteiger partial charge in [0.15, 0.2) is 0 Å². The van der Waals surface area contributed by atoms with E-state index in [1.807, 2.05) is 37.3 Å². The Balaban J connectivity index is 2.00. The highest BCUT2D eigenvalue weighted by atomic mass is 16.5. The average Bonchev–Trinajstić information content (AvgIpc) is 2.61. The number of esters is 1. The molecule has 0 amide bonds. The van der Waals surface area contributed by atoms with Gasteiger partial charge in [0.2, 0.25) is 0 Å². The van der Waals surface area contributed by atoms with Gasteiger partial charge in [-0.2, -0.15) is 0 Å². The van der Waals surface area contributed by atoms with E-state index in [0.29, 0.717) is 5.56 Å². The van der Waals surface area contributed by atoms with E-state index in [2.05, 4.69) is 13.8 Å². The molecule has 0 bridgehead atoms. The molecule has 0 spiro atoms. The Kier molecular flexibility index (Phi) is 6.64. The number of quaternary nitrogens is 1. The molecule has 3 heteroatoms. The van der Waals surface area contributed by atoms with Gasteiger partial charge < -0.3 is 9.22 Å². The summed E-state index contributed by atoms with van der Waals surface area (Å²) < 4.78 is 6.82. The summed E-state index contributed by atoms with van der Waals surface area (Å²) in [5.74, 6) is -0.202.